The molecule has 0 aromatic heterocycles. The number of carbonyl (C=O) groups excluding carboxylic acids is 3. The van der Waals surface area contributed by atoms with E-state index < -0.39 is 23.8 Å². The van der Waals surface area contributed by atoms with Gasteiger partial charge >= 0.3 is 12.2 Å². The molecule has 0 saturated carbocycles. The second-order valence-electron chi connectivity index (χ2n) is 12.1. The monoisotopic (exact) mass is 605 g/mol. The molecule has 4 aromatic rings. The van der Waals surface area contributed by atoms with Crippen LogP contribution in [0.2, 0.25) is 0 Å². The number of ether oxygens (including phenoxy) is 2. The van der Waals surface area contributed by atoms with E-state index in [1.807, 2.05) is 124 Å². The molecule has 2 N–H and O–H groups in total. The second-order valence-corrected chi connectivity index (χ2v) is 12.1. The van der Waals surface area contributed by atoms with Crippen molar-refractivity contribution in [2.75, 3.05) is 0 Å². The number of hydrogen-bond acceptors (Lipinski definition) is 5. The smallest absolute Gasteiger partial charge is 0.408 e. The fraction of sp³-hybridized carbons (Fsp3) is 0.270. The Kier molecular flexibility index (Phi) is 9.82. The van der Waals surface area contributed by atoms with E-state index in [-0.39, 0.29) is 12.5 Å². The Hall–Kier alpha value is -5.11. The van der Waals surface area contributed by atoms with Crippen LogP contribution in [-0.2, 0) is 46.9 Å². The lowest BCUT2D eigenvalue weighted by molar-refractivity contribution is -0.134. The topological polar surface area (TPSA) is 97.0 Å². The van der Waals surface area contributed by atoms with E-state index in [2.05, 4.69) is 10.6 Å². The summed E-state index contributed by atoms with van der Waals surface area (Å²) in [7, 11) is 0. The van der Waals surface area contributed by atoms with E-state index >= 15 is 0 Å². The first-order chi connectivity index (χ1) is 21.6. The van der Waals surface area contributed by atoms with Gasteiger partial charge in [0.15, 0.2) is 0 Å². The summed E-state index contributed by atoms with van der Waals surface area (Å²) in [5.41, 5.74) is 6.29. The van der Waals surface area contributed by atoms with Crippen LogP contribution in [0.3, 0.4) is 0 Å². The first-order valence-electron chi connectivity index (χ1n) is 15.1. The van der Waals surface area contributed by atoms with Crippen molar-refractivity contribution in [3.63, 3.8) is 0 Å². The molecule has 5 rings (SSSR count). The Morgan fingerprint density at radius 1 is 0.800 bits per heavy atom. The molecule has 0 spiro atoms. The number of amides is 3. The Morgan fingerprint density at radius 2 is 1.47 bits per heavy atom. The van der Waals surface area contributed by atoms with Gasteiger partial charge in [-0.15, -0.1) is 0 Å². The van der Waals surface area contributed by atoms with E-state index in [9.17, 15) is 14.4 Å². The second kappa shape index (κ2) is 14.1. The van der Waals surface area contributed by atoms with E-state index in [1.54, 1.807) is 4.90 Å². The zero-order chi connectivity index (χ0) is 31.8. The van der Waals surface area contributed by atoms with Gasteiger partial charge in [0.1, 0.15) is 18.2 Å². The van der Waals surface area contributed by atoms with E-state index in [0.717, 1.165) is 38.9 Å². The molecule has 0 bridgehead atoms. The van der Waals surface area contributed by atoms with Gasteiger partial charge in [-0.25, -0.2) is 9.59 Å². The average Bonchev–Trinajstić information content (AvgIpc) is 3.15. The molecule has 1 heterocycles. The van der Waals surface area contributed by atoms with Crippen molar-refractivity contribution in [2.24, 2.45) is 0 Å². The number of nitrogens with zero attached hydrogens (tertiary/aromatic N) is 1. The molecule has 8 nitrogen and oxygen atoms in total. The number of benzene rings is 4. The minimum absolute atomic E-state index is 0.125. The predicted molar refractivity (Wildman–Crippen MR) is 173 cm³/mol. The zero-order valence-electron chi connectivity index (χ0n) is 25.9. The van der Waals surface area contributed by atoms with E-state index in [4.69, 9.17) is 9.47 Å². The van der Waals surface area contributed by atoms with Crippen LogP contribution in [-0.4, -0.2) is 34.6 Å². The number of hydrogen-bond donors (Lipinski definition) is 2. The van der Waals surface area contributed by atoms with Gasteiger partial charge in [0.2, 0.25) is 5.91 Å². The minimum atomic E-state index is -0.749. The average molecular weight is 606 g/mol. The molecule has 1 aliphatic heterocycles. The van der Waals surface area contributed by atoms with Crippen LogP contribution in [0.1, 0.15) is 48.6 Å². The highest BCUT2D eigenvalue weighted by atomic mass is 16.6. The number of carbonyl (C=O) groups is 3. The van der Waals surface area contributed by atoms with Crippen molar-refractivity contribution in [1.29, 1.82) is 0 Å². The van der Waals surface area contributed by atoms with Crippen LogP contribution >= 0.6 is 0 Å². The summed E-state index contributed by atoms with van der Waals surface area (Å²) in [6.07, 6.45) is -0.701. The Balaban J connectivity index is 1.27. The molecule has 4 aromatic carbocycles. The van der Waals surface area contributed by atoms with E-state index in [0.29, 0.717) is 26.1 Å². The zero-order valence-corrected chi connectivity index (χ0v) is 25.9. The normalized spacial score (nSPS) is 14.6. The molecular weight excluding hydrogens is 566 g/mol. The molecule has 3 amide bonds. The van der Waals surface area contributed by atoms with Crippen LogP contribution in [0.15, 0.2) is 103 Å². The highest BCUT2D eigenvalue weighted by molar-refractivity contribution is 5.86. The molecule has 0 saturated heterocycles. The Labute approximate surface area is 264 Å². The number of fused-ring (bicyclic) bond motifs is 1. The molecular formula is C37H39N3O5. The van der Waals surface area contributed by atoms with Crippen LogP contribution < -0.4 is 10.6 Å². The van der Waals surface area contributed by atoms with E-state index in [1.165, 1.54) is 0 Å². The lowest BCUT2D eigenvalue weighted by Gasteiger charge is -2.25. The van der Waals surface area contributed by atoms with Gasteiger partial charge in [-0.1, -0.05) is 103 Å². The van der Waals surface area contributed by atoms with Gasteiger partial charge in [-0.2, -0.15) is 0 Å². The van der Waals surface area contributed by atoms with Gasteiger partial charge in [-0.3, -0.25) is 4.79 Å². The number of nitrogens with one attached hydrogen (secondary N) is 2. The van der Waals surface area contributed by atoms with Crippen LogP contribution in [0.4, 0.5) is 9.59 Å². The van der Waals surface area contributed by atoms with Gasteiger partial charge in [0.05, 0.1) is 0 Å². The first kappa shape index (κ1) is 31.3. The molecule has 0 radical (unpaired) electrons. The largest absolute Gasteiger partial charge is 0.445 e. The van der Waals surface area contributed by atoms with Gasteiger partial charge < -0.3 is 25.0 Å². The van der Waals surface area contributed by atoms with Crippen LogP contribution in [0, 0.1) is 0 Å². The van der Waals surface area contributed by atoms with Gasteiger partial charge in [0, 0.05) is 26.1 Å². The highest BCUT2D eigenvalue weighted by Crippen LogP contribution is 2.26. The molecule has 0 fully saturated rings. The summed E-state index contributed by atoms with van der Waals surface area (Å²) in [6.45, 7) is 6.77. The van der Waals surface area contributed by atoms with Crippen molar-refractivity contribution in [1.82, 2.24) is 15.5 Å². The predicted octanol–water partition coefficient (Wildman–Crippen LogP) is 6.76. The third kappa shape index (κ3) is 8.72. The number of rotatable bonds is 8. The lowest BCUT2D eigenvalue weighted by atomic mass is 9.98. The third-order valence-corrected chi connectivity index (χ3v) is 7.50. The summed E-state index contributed by atoms with van der Waals surface area (Å²) in [5, 5.41) is 5.65. The molecule has 0 aliphatic carbocycles. The van der Waals surface area contributed by atoms with Crippen LogP contribution in [0.25, 0.3) is 11.1 Å². The van der Waals surface area contributed by atoms with Gasteiger partial charge in [0.25, 0.3) is 0 Å². The third-order valence-electron chi connectivity index (χ3n) is 7.50. The fourth-order valence-electron chi connectivity index (χ4n) is 5.32. The van der Waals surface area contributed by atoms with Crippen molar-refractivity contribution >= 4 is 18.1 Å². The summed E-state index contributed by atoms with van der Waals surface area (Å²) >= 11 is 0. The van der Waals surface area contributed by atoms with Crippen molar-refractivity contribution < 1.29 is 23.9 Å². The highest BCUT2D eigenvalue weighted by Gasteiger charge is 2.31. The summed E-state index contributed by atoms with van der Waals surface area (Å²) in [4.78, 5) is 40.5. The Bertz CT molecular complexity index is 1630. The standard InChI is InChI=1S/C37H39N3O5/c1-37(2,3)45-35(42)38-22-30-14-9-10-16-32(30)28-19-17-26(18-20-28)23-40-24-31-15-8-7-13-29(31)21-33(34(40)41)39-36(43)44-25-27-11-5-4-6-12-27/h4-20,33H,21-25H2,1-3H3,(H,38,42)(H,39,43)/t33-/m1/s1. The molecule has 1 atom stereocenters. The Morgan fingerprint density at radius 3 is 2.20 bits per heavy atom. The number of alkyl carbamates (subject to hydrolysis) is 2. The van der Waals surface area contributed by atoms with Crippen molar-refractivity contribution in [2.45, 2.75) is 65.1 Å². The molecule has 232 valence electrons. The first-order valence-corrected chi connectivity index (χ1v) is 15.1. The molecule has 45 heavy (non-hydrogen) atoms. The molecule has 0 unspecified atom stereocenters. The maximum Gasteiger partial charge on any atom is 0.408 e. The van der Waals surface area contributed by atoms with Gasteiger partial charge in [-0.05, 0) is 59.7 Å². The quantitative estimate of drug-likeness (QED) is 0.231. The summed E-state index contributed by atoms with van der Waals surface area (Å²) in [6, 6.07) is 32.6. The summed E-state index contributed by atoms with van der Waals surface area (Å²) in [5.74, 6) is -0.162. The maximum atomic E-state index is 13.8. The molecule has 8 heteroatoms. The lowest BCUT2D eigenvalue weighted by Crippen LogP contribution is -2.48. The minimum Gasteiger partial charge on any atom is -0.445 e. The SMILES string of the molecule is CC(C)(C)OC(=O)NCc1ccccc1-c1ccc(CN2Cc3ccccc3C[C@@H](NC(=O)OCc3ccccc3)C2=O)cc1. The maximum absolute atomic E-state index is 13.8. The van der Waals surface area contributed by atoms with Crippen LogP contribution in [0.5, 0.6) is 0 Å². The fourth-order valence-corrected chi connectivity index (χ4v) is 5.32. The molecule has 1 aliphatic rings. The van der Waals surface area contributed by atoms with Crippen molar-refractivity contribution in [3.8, 4) is 11.1 Å². The summed E-state index contributed by atoms with van der Waals surface area (Å²) < 4.78 is 10.8. The van der Waals surface area contributed by atoms with Crippen molar-refractivity contribution in [3.05, 3.63) is 131 Å².